The van der Waals surface area contributed by atoms with Gasteiger partial charge in [-0.3, -0.25) is 14.2 Å². The number of aryl methyl sites for hydroxylation is 1. The predicted molar refractivity (Wildman–Crippen MR) is 135 cm³/mol. The second-order valence-corrected chi connectivity index (χ2v) is 9.09. The summed E-state index contributed by atoms with van der Waals surface area (Å²) in [5.74, 6) is -0.237. The number of carbonyl (C=O) groups is 1. The molecule has 1 amide bonds. The summed E-state index contributed by atoms with van der Waals surface area (Å²) in [6, 6.07) is 16.9. The molecule has 2 aromatic heterocycles. The molecule has 0 fully saturated rings. The molecular weight excluding hydrogens is 452 g/mol. The maximum absolute atomic E-state index is 13.4. The highest BCUT2D eigenvalue weighted by Gasteiger charge is 2.18. The van der Waals surface area contributed by atoms with Gasteiger partial charge in [0, 0.05) is 17.5 Å². The van der Waals surface area contributed by atoms with Crippen molar-refractivity contribution in [2.45, 2.75) is 18.6 Å². The Kier molecular flexibility index (Phi) is 6.73. The van der Waals surface area contributed by atoms with Crippen molar-refractivity contribution >= 4 is 44.9 Å². The molecule has 0 spiro atoms. The first-order chi connectivity index (χ1) is 16.0. The highest BCUT2D eigenvalue weighted by molar-refractivity contribution is 7.99. The molecule has 1 N–H and O–H groups in total. The van der Waals surface area contributed by atoms with Crippen LogP contribution in [0.3, 0.4) is 0 Å². The number of allylic oxidation sites excluding steroid dienone is 1. The van der Waals surface area contributed by atoms with E-state index in [0.717, 1.165) is 16.7 Å². The molecule has 0 atom stereocenters. The number of aromatic nitrogens is 2. The van der Waals surface area contributed by atoms with Crippen molar-refractivity contribution in [3.05, 3.63) is 88.0 Å². The number of benzene rings is 2. The molecule has 33 heavy (non-hydrogen) atoms. The normalized spacial score (nSPS) is 10.7. The number of thiophene rings is 1. The number of hydrogen-bond acceptors (Lipinski definition) is 6. The van der Waals surface area contributed by atoms with Crippen LogP contribution in [0, 0.1) is 18.3 Å². The molecule has 164 valence electrons. The average Bonchev–Trinajstić information content (AvgIpc) is 3.25. The lowest BCUT2D eigenvalue weighted by Gasteiger charge is -2.11. The van der Waals surface area contributed by atoms with E-state index in [1.165, 1.54) is 23.1 Å². The Morgan fingerprint density at radius 2 is 2.03 bits per heavy atom. The number of hydrogen-bond donors (Lipinski definition) is 1. The summed E-state index contributed by atoms with van der Waals surface area (Å²) in [6.45, 7) is 6.07. The molecule has 2 heterocycles. The fraction of sp³-hybridized carbons (Fsp3) is 0.120. The van der Waals surface area contributed by atoms with Crippen molar-refractivity contribution in [2.75, 3.05) is 11.1 Å². The van der Waals surface area contributed by atoms with Gasteiger partial charge in [0.1, 0.15) is 10.9 Å². The number of nitriles is 1. The highest BCUT2D eigenvalue weighted by atomic mass is 32.2. The van der Waals surface area contributed by atoms with Crippen LogP contribution in [0.5, 0.6) is 0 Å². The second kappa shape index (κ2) is 9.86. The Labute approximate surface area is 199 Å². The molecule has 6 nitrogen and oxygen atoms in total. The molecule has 0 aliphatic rings. The Hall–Kier alpha value is -3.67. The summed E-state index contributed by atoms with van der Waals surface area (Å²) >= 11 is 2.59. The summed E-state index contributed by atoms with van der Waals surface area (Å²) < 4.78 is 1.54. The number of anilines is 1. The van der Waals surface area contributed by atoms with Gasteiger partial charge >= 0.3 is 0 Å². The van der Waals surface area contributed by atoms with E-state index in [4.69, 9.17) is 4.98 Å². The average molecular weight is 473 g/mol. The molecule has 4 rings (SSSR count). The lowest BCUT2D eigenvalue weighted by Crippen LogP contribution is -2.23. The van der Waals surface area contributed by atoms with Crippen molar-refractivity contribution in [3.8, 4) is 17.2 Å². The van der Waals surface area contributed by atoms with E-state index in [2.05, 4.69) is 18.0 Å². The van der Waals surface area contributed by atoms with Gasteiger partial charge in [-0.05, 0) is 24.6 Å². The van der Waals surface area contributed by atoms with Crippen LogP contribution in [0.25, 0.3) is 21.3 Å². The van der Waals surface area contributed by atoms with E-state index in [-0.39, 0.29) is 23.8 Å². The van der Waals surface area contributed by atoms with Crippen molar-refractivity contribution in [3.63, 3.8) is 0 Å². The van der Waals surface area contributed by atoms with Gasteiger partial charge in [-0.15, -0.1) is 17.9 Å². The minimum Gasteiger partial charge on any atom is -0.324 e. The van der Waals surface area contributed by atoms with Gasteiger partial charge in [-0.1, -0.05) is 59.8 Å². The lowest BCUT2D eigenvalue weighted by atomic mass is 10.1. The van der Waals surface area contributed by atoms with E-state index < -0.39 is 0 Å². The van der Waals surface area contributed by atoms with E-state index in [0.29, 0.717) is 26.6 Å². The molecule has 2 aromatic carbocycles. The predicted octanol–water partition coefficient (Wildman–Crippen LogP) is 5.22. The zero-order valence-electron chi connectivity index (χ0n) is 17.9. The van der Waals surface area contributed by atoms with Crippen LogP contribution < -0.4 is 10.9 Å². The van der Waals surface area contributed by atoms with E-state index in [9.17, 15) is 14.9 Å². The molecular formula is C25H20N4O2S2. The SMILES string of the molecule is C=CCn1c(SCC(=O)Nc2ccccc2C#N)nc2scc(-c3ccc(C)cc3)c2c1=O. The first-order valence-corrected chi connectivity index (χ1v) is 12.0. The van der Waals surface area contributed by atoms with Crippen LogP contribution in [0.2, 0.25) is 0 Å². The molecule has 0 saturated carbocycles. The quantitative estimate of drug-likeness (QED) is 0.226. The number of carbonyl (C=O) groups excluding carboxylic acids is 1. The van der Waals surface area contributed by atoms with Gasteiger partial charge < -0.3 is 5.32 Å². The number of fused-ring (bicyclic) bond motifs is 1. The number of nitrogens with zero attached hydrogens (tertiary/aromatic N) is 3. The highest BCUT2D eigenvalue weighted by Crippen LogP contribution is 2.32. The first kappa shape index (κ1) is 22.5. The zero-order valence-corrected chi connectivity index (χ0v) is 19.5. The minimum absolute atomic E-state index is 0.0467. The molecule has 4 aromatic rings. The zero-order chi connectivity index (χ0) is 23.4. The van der Waals surface area contributed by atoms with Crippen LogP contribution in [0.1, 0.15) is 11.1 Å². The summed E-state index contributed by atoms with van der Waals surface area (Å²) in [7, 11) is 0. The van der Waals surface area contributed by atoms with E-state index in [1.807, 2.05) is 36.6 Å². The Balaban J connectivity index is 1.64. The van der Waals surface area contributed by atoms with Gasteiger partial charge in [0.05, 0.1) is 22.4 Å². The fourth-order valence-electron chi connectivity index (χ4n) is 3.36. The van der Waals surface area contributed by atoms with Gasteiger partial charge in [0.2, 0.25) is 5.91 Å². The van der Waals surface area contributed by atoms with Gasteiger partial charge in [0.15, 0.2) is 5.16 Å². The molecule has 8 heteroatoms. The van der Waals surface area contributed by atoms with Crippen molar-refractivity contribution < 1.29 is 4.79 Å². The number of nitrogens with one attached hydrogen (secondary N) is 1. The van der Waals surface area contributed by atoms with Crippen molar-refractivity contribution in [1.82, 2.24) is 9.55 Å². The Bertz CT molecular complexity index is 1450. The Morgan fingerprint density at radius 3 is 2.76 bits per heavy atom. The van der Waals surface area contributed by atoms with E-state index >= 15 is 0 Å². The summed E-state index contributed by atoms with van der Waals surface area (Å²) in [5, 5.41) is 14.9. The first-order valence-electron chi connectivity index (χ1n) is 10.1. The maximum Gasteiger partial charge on any atom is 0.263 e. The third kappa shape index (κ3) is 4.75. The van der Waals surface area contributed by atoms with Gasteiger partial charge in [0.25, 0.3) is 5.56 Å². The largest absolute Gasteiger partial charge is 0.324 e. The molecule has 0 unspecified atom stereocenters. The van der Waals surface area contributed by atoms with Gasteiger partial charge in [-0.2, -0.15) is 5.26 Å². The number of thioether (sulfide) groups is 1. The number of rotatable bonds is 7. The standard InChI is InChI=1S/C25H20N4O2S2/c1-3-12-29-24(31)22-19(17-10-8-16(2)9-11-17)14-32-23(22)28-25(29)33-15-21(30)27-20-7-5-4-6-18(20)13-26/h3-11,14H,1,12,15H2,2H3,(H,27,30). The van der Waals surface area contributed by atoms with Crippen LogP contribution >= 0.6 is 23.1 Å². The van der Waals surface area contributed by atoms with Crippen molar-refractivity contribution in [1.29, 1.82) is 5.26 Å². The molecule has 0 aliphatic heterocycles. The van der Waals surface area contributed by atoms with Crippen LogP contribution in [-0.4, -0.2) is 21.2 Å². The molecule has 0 saturated heterocycles. The molecule has 0 bridgehead atoms. The second-order valence-electron chi connectivity index (χ2n) is 7.29. The molecule has 0 aliphatic carbocycles. The third-order valence-corrected chi connectivity index (χ3v) is 6.84. The summed E-state index contributed by atoms with van der Waals surface area (Å²) in [4.78, 5) is 31.3. The monoisotopic (exact) mass is 472 g/mol. The lowest BCUT2D eigenvalue weighted by molar-refractivity contribution is -0.113. The number of para-hydroxylation sites is 1. The maximum atomic E-state index is 13.4. The van der Waals surface area contributed by atoms with Crippen LogP contribution in [0.15, 0.2) is 76.5 Å². The summed E-state index contributed by atoms with van der Waals surface area (Å²) in [5.41, 5.74) is 3.66. The van der Waals surface area contributed by atoms with Gasteiger partial charge in [-0.25, -0.2) is 4.98 Å². The summed E-state index contributed by atoms with van der Waals surface area (Å²) in [6.07, 6.45) is 1.64. The Morgan fingerprint density at radius 1 is 1.27 bits per heavy atom. The van der Waals surface area contributed by atoms with Crippen molar-refractivity contribution in [2.24, 2.45) is 0 Å². The third-order valence-electron chi connectivity index (χ3n) is 4.99. The van der Waals surface area contributed by atoms with Crippen LogP contribution in [-0.2, 0) is 11.3 Å². The number of amides is 1. The minimum atomic E-state index is -0.284. The topological polar surface area (TPSA) is 87.8 Å². The fourth-order valence-corrected chi connectivity index (χ4v) is 5.15. The molecule has 0 radical (unpaired) electrons. The smallest absolute Gasteiger partial charge is 0.263 e. The van der Waals surface area contributed by atoms with E-state index in [1.54, 1.807) is 34.9 Å². The van der Waals surface area contributed by atoms with Crippen LogP contribution in [0.4, 0.5) is 5.69 Å².